The Morgan fingerprint density at radius 1 is 1.17 bits per heavy atom. The van der Waals surface area contributed by atoms with Crippen molar-refractivity contribution in [3.63, 3.8) is 0 Å². The van der Waals surface area contributed by atoms with Crippen LogP contribution in [-0.4, -0.2) is 33.8 Å². The van der Waals surface area contributed by atoms with E-state index >= 15 is 0 Å². The first kappa shape index (κ1) is 16.1. The van der Waals surface area contributed by atoms with Gasteiger partial charge < -0.3 is 10.2 Å². The lowest BCUT2D eigenvalue weighted by Crippen LogP contribution is -2.19. The zero-order valence-corrected chi connectivity index (χ0v) is 14.2. The lowest BCUT2D eigenvalue weighted by Gasteiger charge is -2.16. The van der Waals surface area contributed by atoms with E-state index in [1.165, 1.54) is 5.56 Å². The largest absolute Gasteiger partial charge is 0.347 e. The number of aromatic nitrogens is 4. The Bertz CT molecular complexity index is 764. The van der Waals surface area contributed by atoms with Crippen molar-refractivity contribution >= 4 is 5.95 Å². The molecule has 2 aromatic heterocycles. The van der Waals surface area contributed by atoms with Crippen molar-refractivity contribution in [1.82, 2.24) is 25.1 Å². The maximum absolute atomic E-state index is 4.34. The lowest BCUT2D eigenvalue weighted by atomic mass is 10.1. The second kappa shape index (κ2) is 7.23. The molecule has 0 amide bonds. The molecule has 1 atom stereocenters. The molecule has 2 heterocycles. The number of rotatable bonds is 6. The summed E-state index contributed by atoms with van der Waals surface area (Å²) in [6, 6.07) is 10.5. The molecule has 0 radical (unpaired) electrons. The van der Waals surface area contributed by atoms with E-state index in [9.17, 15) is 0 Å². The fourth-order valence-corrected chi connectivity index (χ4v) is 2.42. The average Bonchev–Trinajstić information content (AvgIpc) is 3.15. The molecule has 3 rings (SSSR count). The zero-order chi connectivity index (χ0) is 16.9. The summed E-state index contributed by atoms with van der Waals surface area (Å²) in [7, 11) is 3.86. The van der Waals surface area contributed by atoms with Gasteiger partial charge in [0.25, 0.3) is 0 Å². The molecule has 1 aromatic carbocycles. The maximum Gasteiger partial charge on any atom is 0.224 e. The first-order chi connectivity index (χ1) is 11.6. The third-order valence-corrected chi connectivity index (χ3v) is 3.84. The number of hydrogen-bond donors (Lipinski definition) is 1. The minimum atomic E-state index is 0.217. The minimum Gasteiger partial charge on any atom is -0.347 e. The fraction of sp³-hybridized carbons (Fsp3) is 0.278. The molecule has 0 saturated heterocycles. The molecule has 6 heteroatoms. The molecule has 0 fully saturated rings. The molecule has 0 spiro atoms. The number of nitrogens with one attached hydrogen (secondary N) is 1. The van der Waals surface area contributed by atoms with Gasteiger partial charge in [0.2, 0.25) is 5.95 Å². The summed E-state index contributed by atoms with van der Waals surface area (Å²) in [5.74, 6) is 0.721. The summed E-state index contributed by atoms with van der Waals surface area (Å²) < 4.78 is 1.87. The summed E-state index contributed by atoms with van der Waals surface area (Å²) in [6.45, 7) is 2.87. The minimum absolute atomic E-state index is 0.217. The summed E-state index contributed by atoms with van der Waals surface area (Å²) in [4.78, 5) is 10.6. The Morgan fingerprint density at radius 3 is 2.62 bits per heavy atom. The lowest BCUT2D eigenvalue weighted by molar-refractivity contribution is 0.572. The van der Waals surface area contributed by atoms with Crippen LogP contribution in [0.1, 0.15) is 24.1 Å². The summed E-state index contributed by atoms with van der Waals surface area (Å²) >= 11 is 0. The second-order valence-corrected chi connectivity index (χ2v) is 5.93. The number of benzene rings is 1. The molecule has 0 bridgehead atoms. The van der Waals surface area contributed by atoms with Crippen molar-refractivity contribution in [3.05, 3.63) is 66.2 Å². The van der Waals surface area contributed by atoms with Crippen LogP contribution in [-0.2, 0) is 6.54 Å². The van der Waals surface area contributed by atoms with Gasteiger partial charge in [0.05, 0.1) is 5.69 Å². The summed E-state index contributed by atoms with van der Waals surface area (Å²) in [5, 5.41) is 7.79. The highest BCUT2D eigenvalue weighted by Gasteiger charge is 2.07. The normalized spacial score (nSPS) is 12.1. The molecule has 124 valence electrons. The molecule has 0 aliphatic heterocycles. The Balaban J connectivity index is 1.64. The molecule has 1 unspecified atom stereocenters. The predicted octanol–water partition coefficient (Wildman–Crippen LogP) is 2.58. The van der Waals surface area contributed by atoms with Crippen LogP contribution in [0.4, 0.5) is 5.95 Å². The Hall–Kier alpha value is -2.73. The number of hydrogen-bond acceptors (Lipinski definition) is 5. The van der Waals surface area contributed by atoms with Gasteiger partial charge in [-0.25, -0.2) is 14.6 Å². The molecule has 6 nitrogen and oxygen atoms in total. The molecular formula is C18H22N6. The highest BCUT2D eigenvalue weighted by molar-refractivity contribution is 5.36. The molecule has 0 aliphatic rings. The topological polar surface area (TPSA) is 58.9 Å². The third kappa shape index (κ3) is 3.78. The van der Waals surface area contributed by atoms with Crippen molar-refractivity contribution in [1.29, 1.82) is 0 Å². The SMILES string of the molecule is CC(NCc1cnc(N(C)C)nc1)c1cccc(-n2cccn2)c1. The van der Waals surface area contributed by atoms with Crippen molar-refractivity contribution in [3.8, 4) is 5.69 Å². The van der Waals surface area contributed by atoms with Gasteiger partial charge in [0.1, 0.15) is 0 Å². The zero-order valence-electron chi connectivity index (χ0n) is 14.2. The summed E-state index contributed by atoms with van der Waals surface area (Å²) in [5.41, 5.74) is 3.34. The van der Waals surface area contributed by atoms with Gasteiger partial charge in [-0.3, -0.25) is 0 Å². The van der Waals surface area contributed by atoms with E-state index < -0.39 is 0 Å². The van der Waals surface area contributed by atoms with E-state index in [2.05, 4.69) is 51.6 Å². The van der Waals surface area contributed by atoms with Gasteiger partial charge in [-0.05, 0) is 30.7 Å². The van der Waals surface area contributed by atoms with Crippen LogP contribution < -0.4 is 10.2 Å². The highest BCUT2D eigenvalue weighted by Crippen LogP contribution is 2.17. The van der Waals surface area contributed by atoms with E-state index in [0.29, 0.717) is 0 Å². The van der Waals surface area contributed by atoms with Crippen molar-refractivity contribution < 1.29 is 0 Å². The monoisotopic (exact) mass is 322 g/mol. The predicted molar refractivity (Wildman–Crippen MR) is 95.2 cm³/mol. The highest BCUT2D eigenvalue weighted by atomic mass is 15.3. The smallest absolute Gasteiger partial charge is 0.224 e. The van der Waals surface area contributed by atoms with Crippen LogP contribution >= 0.6 is 0 Å². The van der Waals surface area contributed by atoms with Gasteiger partial charge in [0.15, 0.2) is 0 Å². The Morgan fingerprint density at radius 2 is 1.96 bits per heavy atom. The average molecular weight is 322 g/mol. The molecule has 1 N–H and O–H groups in total. The quantitative estimate of drug-likeness (QED) is 0.756. The van der Waals surface area contributed by atoms with Crippen LogP contribution in [0.25, 0.3) is 5.69 Å². The van der Waals surface area contributed by atoms with E-state index in [-0.39, 0.29) is 6.04 Å². The second-order valence-electron chi connectivity index (χ2n) is 5.93. The molecule has 24 heavy (non-hydrogen) atoms. The Labute approximate surface area is 142 Å². The van der Waals surface area contributed by atoms with Crippen molar-refractivity contribution in [2.45, 2.75) is 19.5 Å². The first-order valence-corrected chi connectivity index (χ1v) is 7.95. The van der Waals surface area contributed by atoms with Crippen LogP contribution in [0.5, 0.6) is 0 Å². The van der Waals surface area contributed by atoms with Gasteiger partial charge >= 0.3 is 0 Å². The maximum atomic E-state index is 4.34. The van der Waals surface area contributed by atoms with Crippen molar-refractivity contribution in [2.24, 2.45) is 0 Å². The van der Waals surface area contributed by atoms with E-state index in [4.69, 9.17) is 0 Å². The fourth-order valence-electron chi connectivity index (χ4n) is 2.42. The van der Waals surface area contributed by atoms with Crippen LogP contribution in [0.15, 0.2) is 55.1 Å². The molecule has 3 aromatic rings. The van der Waals surface area contributed by atoms with Crippen LogP contribution in [0, 0.1) is 0 Å². The Kier molecular flexibility index (Phi) is 4.86. The van der Waals surface area contributed by atoms with Crippen molar-refractivity contribution in [2.75, 3.05) is 19.0 Å². The molecular weight excluding hydrogens is 300 g/mol. The van der Waals surface area contributed by atoms with E-state index in [0.717, 1.165) is 23.7 Å². The van der Waals surface area contributed by atoms with E-state index in [1.807, 2.05) is 48.3 Å². The molecule has 0 aliphatic carbocycles. The van der Waals surface area contributed by atoms with Gasteiger partial charge in [-0.1, -0.05) is 12.1 Å². The van der Waals surface area contributed by atoms with Crippen LogP contribution in [0.3, 0.4) is 0 Å². The first-order valence-electron chi connectivity index (χ1n) is 7.95. The van der Waals surface area contributed by atoms with Gasteiger partial charge in [-0.2, -0.15) is 5.10 Å². The number of anilines is 1. The summed E-state index contributed by atoms with van der Waals surface area (Å²) in [6.07, 6.45) is 7.46. The standard InChI is InChI=1S/C18H22N6/c1-14(19-11-15-12-20-18(21-13-15)23(2)3)16-6-4-7-17(10-16)24-9-5-8-22-24/h4-10,12-14,19H,11H2,1-3H3. The van der Waals surface area contributed by atoms with E-state index in [1.54, 1.807) is 6.20 Å². The van der Waals surface area contributed by atoms with Gasteiger partial charge in [0, 0.05) is 57.0 Å². The van der Waals surface area contributed by atoms with Crippen LogP contribution in [0.2, 0.25) is 0 Å². The number of nitrogens with zero attached hydrogens (tertiary/aromatic N) is 5. The van der Waals surface area contributed by atoms with Gasteiger partial charge in [-0.15, -0.1) is 0 Å². The third-order valence-electron chi connectivity index (χ3n) is 3.84. The molecule has 0 saturated carbocycles.